The van der Waals surface area contributed by atoms with Crippen molar-refractivity contribution in [3.63, 3.8) is 0 Å². The minimum absolute atomic E-state index is 0.0284. The van der Waals surface area contributed by atoms with E-state index in [-0.39, 0.29) is 6.61 Å². The zero-order valence-electron chi connectivity index (χ0n) is 9.04. The second-order valence-corrected chi connectivity index (χ2v) is 4.47. The molecule has 86 valence electrons. The Morgan fingerprint density at radius 2 is 2.12 bits per heavy atom. The van der Waals surface area contributed by atoms with Crippen molar-refractivity contribution in [2.75, 3.05) is 31.2 Å². The molecule has 0 bridgehead atoms. The fourth-order valence-corrected chi connectivity index (χ4v) is 2.48. The number of aromatic nitrogens is 2. The first-order valence-corrected chi connectivity index (χ1v) is 5.62. The van der Waals surface area contributed by atoms with Crippen molar-refractivity contribution in [3.05, 3.63) is 18.0 Å². The highest BCUT2D eigenvalue weighted by atomic mass is 16.5. The lowest BCUT2D eigenvalue weighted by molar-refractivity contribution is 0.177. The monoisotopic (exact) mass is 221 g/mol. The van der Waals surface area contributed by atoms with Gasteiger partial charge in [-0.1, -0.05) is 0 Å². The molecule has 0 aliphatic carbocycles. The van der Waals surface area contributed by atoms with E-state index in [2.05, 4.69) is 14.9 Å². The Morgan fingerprint density at radius 1 is 1.38 bits per heavy atom. The van der Waals surface area contributed by atoms with Gasteiger partial charge in [0.25, 0.3) is 0 Å². The number of nitrogens with zero attached hydrogens (tertiary/aromatic N) is 3. The lowest BCUT2D eigenvalue weighted by Gasteiger charge is -2.17. The van der Waals surface area contributed by atoms with Crippen LogP contribution in [0.15, 0.2) is 12.3 Å². The minimum atomic E-state index is -0.0284. The molecule has 0 spiro atoms. The summed E-state index contributed by atoms with van der Waals surface area (Å²) in [5, 5.41) is 9.04. The van der Waals surface area contributed by atoms with E-state index in [0.717, 1.165) is 32.3 Å². The van der Waals surface area contributed by atoms with E-state index in [1.807, 2.05) is 0 Å². The first-order chi connectivity index (χ1) is 7.86. The van der Waals surface area contributed by atoms with Gasteiger partial charge in [-0.05, 0) is 6.07 Å². The number of fused-ring (bicyclic) bond motifs is 1. The van der Waals surface area contributed by atoms with Crippen molar-refractivity contribution in [1.29, 1.82) is 0 Å². The smallest absolute Gasteiger partial charge is 0.225 e. The molecule has 0 aromatic carbocycles. The Balaban J connectivity index is 1.78. The van der Waals surface area contributed by atoms with Gasteiger partial charge in [0.1, 0.15) is 0 Å². The number of hydrogen-bond acceptors (Lipinski definition) is 5. The molecule has 2 aliphatic rings. The second kappa shape index (κ2) is 3.99. The van der Waals surface area contributed by atoms with Crippen molar-refractivity contribution >= 4 is 5.95 Å². The highest BCUT2D eigenvalue weighted by Crippen LogP contribution is 2.30. The van der Waals surface area contributed by atoms with Gasteiger partial charge in [-0.25, -0.2) is 9.97 Å². The third-order valence-electron chi connectivity index (χ3n) is 3.39. The molecule has 0 radical (unpaired) electrons. The van der Waals surface area contributed by atoms with Crippen LogP contribution in [0.1, 0.15) is 5.69 Å². The lowest BCUT2D eigenvalue weighted by atomic mass is 10.0. The third-order valence-corrected chi connectivity index (χ3v) is 3.39. The number of anilines is 1. The highest BCUT2D eigenvalue weighted by molar-refractivity contribution is 5.33. The first-order valence-electron chi connectivity index (χ1n) is 5.62. The summed E-state index contributed by atoms with van der Waals surface area (Å²) >= 11 is 0. The molecule has 0 amide bonds. The summed E-state index contributed by atoms with van der Waals surface area (Å²) < 4.78 is 5.43. The van der Waals surface area contributed by atoms with Gasteiger partial charge < -0.3 is 14.7 Å². The standard InChI is InChI=1S/C11H15N3O2/c15-5-10-1-2-12-11(13-10)14-3-8-6-16-7-9(8)4-14/h1-2,8-9,15H,3-7H2. The summed E-state index contributed by atoms with van der Waals surface area (Å²) in [5.41, 5.74) is 0.679. The minimum Gasteiger partial charge on any atom is -0.390 e. The van der Waals surface area contributed by atoms with Crippen LogP contribution in [0.3, 0.4) is 0 Å². The quantitative estimate of drug-likeness (QED) is 0.764. The average molecular weight is 221 g/mol. The fraction of sp³-hybridized carbons (Fsp3) is 0.636. The Labute approximate surface area is 94.1 Å². The van der Waals surface area contributed by atoms with Crippen molar-refractivity contribution in [2.24, 2.45) is 11.8 Å². The molecule has 3 rings (SSSR count). The van der Waals surface area contributed by atoms with Crippen molar-refractivity contribution in [1.82, 2.24) is 9.97 Å². The van der Waals surface area contributed by atoms with Crippen molar-refractivity contribution < 1.29 is 9.84 Å². The summed E-state index contributed by atoms with van der Waals surface area (Å²) in [5.74, 6) is 1.99. The van der Waals surface area contributed by atoms with Gasteiger partial charge in [-0.15, -0.1) is 0 Å². The van der Waals surface area contributed by atoms with Crippen LogP contribution < -0.4 is 4.90 Å². The molecule has 3 heterocycles. The Morgan fingerprint density at radius 3 is 2.81 bits per heavy atom. The van der Waals surface area contributed by atoms with Crippen LogP contribution in [-0.4, -0.2) is 41.4 Å². The molecule has 2 saturated heterocycles. The van der Waals surface area contributed by atoms with Gasteiger partial charge in [0.15, 0.2) is 0 Å². The Kier molecular flexibility index (Phi) is 2.49. The second-order valence-electron chi connectivity index (χ2n) is 4.47. The van der Waals surface area contributed by atoms with E-state index in [4.69, 9.17) is 9.84 Å². The maximum Gasteiger partial charge on any atom is 0.225 e. The molecule has 2 unspecified atom stereocenters. The lowest BCUT2D eigenvalue weighted by Crippen LogP contribution is -2.24. The fourth-order valence-electron chi connectivity index (χ4n) is 2.48. The first kappa shape index (κ1) is 9.99. The van der Waals surface area contributed by atoms with Crippen molar-refractivity contribution in [2.45, 2.75) is 6.61 Å². The predicted octanol–water partition coefficient (Wildman–Crippen LogP) is 0.0515. The van der Waals surface area contributed by atoms with Crippen LogP contribution in [0.25, 0.3) is 0 Å². The van der Waals surface area contributed by atoms with Crippen LogP contribution in [0, 0.1) is 11.8 Å². The van der Waals surface area contributed by atoms with Crippen molar-refractivity contribution in [3.8, 4) is 0 Å². The van der Waals surface area contributed by atoms with Crippen LogP contribution in [0.4, 0.5) is 5.95 Å². The van der Waals surface area contributed by atoms with E-state index >= 15 is 0 Å². The average Bonchev–Trinajstić information content (AvgIpc) is 2.89. The van der Waals surface area contributed by atoms with E-state index in [1.54, 1.807) is 12.3 Å². The molecule has 1 N–H and O–H groups in total. The zero-order chi connectivity index (χ0) is 11.0. The molecular formula is C11H15N3O2. The summed E-state index contributed by atoms with van der Waals surface area (Å²) in [6, 6.07) is 1.74. The Bertz CT molecular complexity index is 373. The summed E-state index contributed by atoms with van der Waals surface area (Å²) in [4.78, 5) is 10.8. The molecule has 0 saturated carbocycles. The normalized spacial score (nSPS) is 28.4. The maximum absolute atomic E-state index is 9.04. The van der Waals surface area contributed by atoms with E-state index in [1.165, 1.54) is 0 Å². The van der Waals surface area contributed by atoms with Gasteiger partial charge >= 0.3 is 0 Å². The van der Waals surface area contributed by atoms with Gasteiger partial charge in [0.2, 0.25) is 5.95 Å². The number of hydrogen-bond donors (Lipinski definition) is 1. The topological polar surface area (TPSA) is 58.5 Å². The molecule has 16 heavy (non-hydrogen) atoms. The number of aliphatic hydroxyl groups is 1. The number of rotatable bonds is 2. The van der Waals surface area contributed by atoms with E-state index < -0.39 is 0 Å². The maximum atomic E-state index is 9.04. The molecule has 2 fully saturated rings. The zero-order valence-corrected chi connectivity index (χ0v) is 9.04. The third kappa shape index (κ3) is 1.66. The summed E-state index contributed by atoms with van der Waals surface area (Å²) in [7, 11) is 0. The molecule has 2 aliphatic heterocycles. The predicted molar refractivity (Wildman–Crippen MR) is 58.0 cm³/mol. The van der Waals surface area contributed by atoms with Gasteiger partial charge in [0.05, 0.1) is 25.5 Å². The van der Waals surface area contributed by atoms with Gasteiger partial charge in [-0.2, -0.15) is 0 Å². The van der Waals surface area contributed by atoms with Gasteiger partial charge in [0, 0.05) is 31.1 Å². The van der Waals surface area contributed by atoms with Gasteiger partial charge in [-0.3, -0.25) is 0 Å². The molecule has 5 nitrogen and oxygen atoms in total. The largest absolute Gasteiger partial charge is 0.390 e. The van der Waals surface area contributed by atoms with Crippen LogP contribution in [-0.2, 0) is 11.3 Å². The molecular weight excluding hydrogens is 206 g/mol. The van der Waals surface area contributed by atoms with Crippen LogP contribution >= 0.6 is 0 Å². The van der Waals surface area contributed by atoms with Crippen LogP contribution in [0.2, 0.25) is 0 Å². The van der Waals surface area contributed by atoms with E-state index in [9.17, 15) is 0 Å². The molecule has 1 aromatic heterocycles. The highest BCUT2D eigenvalue weighted by Gasteiger charge is 2.38. The molecule has 2 atom stereocenters. The molecule has 1 aromatic rings. The van der Waals surface area contributed by atoms with E-state index in [0.29, 0.717) is 17.5 Å². The number of aliphatic hydroxyl groups excluding tert-OH is 1. The summed E-state index contributed by atoms with van der Waals surface area (Å²) in [6.45, 7) is 3.64. The van der Waals surface area contributed by atoms with Crippen LogP contribution in [0.5, 0.6) is 0 Å². The number of ether oxygens (including phenoxy) is 1. The molecule has 5 heteroatoms. The summed E-state index contributed by atoms with van der Waals surface area (Å²) in [6.07, 6.45) is 1.71. The Hall–Kier alpha value is -1.20. The SMILES string of the molecule is OCc1ccnc(N2CC3COCC3C2)n1.